The topological polar surface area (TPSA) is 95.1 Å². The molecule has 0 radical (unpaired) electrons. The number of esters is 2. The molecule has 0 bridgehead atoms. The van der Waals surface area contributed by atoms with E-state index in [4.69, 9.17) is 31.2 Å². The normalized spacial score (nSPS) is 15.9. The molecule has 29 heavy (non-hydrogen) atoms. The first kappa shape index (κ1) is 22.5. The quantitative estimate of drug-likeness (QED) is 0.459. The smallest absolute Gasteiger partial charge is 0.344 e. The zero-order valence-corrected chi connectivity index (χ0v) is 17.8. The van der Waals surface area contributed by atoms with Gasteiger partial charge in [-0.05, 0) is 57.6 Å². The van der Waals surface area contributed by atoms with E-state index < -0.39 is 18.0 Å². The van der Waals surface area contributed by atoms with Crippen LogP contribution in [0.25, 0.3) is 0 Å². The summed E-state index contributed by atoms with van der Waals surface area (Å²) in [5.41, 5.74) is 1.80. The number of carbonyl (C=O) groups excluding carboxylic acids is 2. The molecule has 1 atom stereocenters. The zero-order valence-electron chi connectivity index (χ0n) is 17.0. The molecule has 1 aromatic carbocycles. The van der Waals surface area contributed by atoms with Crippen molar-refractivity contribution in [3.8, 4) is 11.5 Å². The van der Waals surface area contributed by atoms with Crippen LogP contribution in [-0.4, -0.2) is 43.5 Å². The standard InChI is InChI=1S/C20H26N2O6S/c1-5-25-15-10-13(8-9-14(15)28-11-16(23)26-6-2)18-17(19(24)27-7-3)12(4)21-20(29)22-18/h8-10,18H,5-7,11H2,1-4H3,(H2,21,22,29). The minimum absolute atomic E-state index is 0.226. The summed E-state index contributed by atoms with van der Waals surface area (Å²) < 4.78 is 21.3. The van der Waals surface area contributed by atoms with Gasteiger partial charge in [-0.25, -0.2) is 9.59 Å². The lowest BCUT2D eigenvalue weighted by molar-refractivity contribution is -0.145. The molecule has 2 rings (SSSR count). The molecule has 1 aromatic rings. The Morgan fingerprint density at radius 1 is 1.03 bits per heavy atom. The zero-order chi connectivity index (χ0) is 21.4. The minimum Gasteiger partial charge on any atom is -0.490 e. The molecular formula is C20H26N2O6S. The van der Waals surface area contributed by atoms with E-state index in [1.165, 1.54) is 0 Å². The molecule has 8 nitrogen and oxygen atoms in total. The van der Waals surface area contributed by atoms with Crippen molar-refractivity contribution in [2.45, 2.75) is 33.7 Å². The average Bonchev–Trinajstić information content (AvgIpc) is 2.67. The van der Waals surface area contributed by atoms with Crippen molar-refractivity contribution < 1.29 is 28.5 Å². The minimum atomic E-state index is -0.513. The summed E-state index contributed by atoms with van der Waals surface area (Å²) in [6.45, 7) is 7.81. The van der Waals surface area contributed by atoms with Crippen molar-refractivity contribution in [2.75, 3.05) is 26.4 Å². The summed E-state index contributed by atoms with van der Waals surface area (Å²) >= 11 is 5.25. The van der Waals surface area contributed by atoms with Gasteiger partial charge in [0.15, 0.2) is 23.2 Å². The molecule has 0 fully saturated rings. The maximum atomic E-state index is 12.5. The van der Waals surface area contributed by atoms with E-state index in [1.54, 1.807) is 39.0 Å². The van der Waals surface area contributed by atoms with Gasteiger partial charge in [-0.3, -0.25) is 0 Å². The first-order valence-electron chi connectivity index (χ1n) is 9.41. The van der Waals surface area contributed by atoms with Crippen molar-refractivity contribution in [3.05, 3.63) is 35.0 Å². The number of ether oxygens (including phenoxy) is 4. The Kier molecular flexibility index (Phi) is 8.26. The maximum Gasteiger partial charge on any atom is 0.344 e. The van der Waals surface area contributed by atoms with Gasteiger partial charge in [-0.1, -0.05) is 6.07 Å². The van der Waals surface area contributed by atoms with Gasteiger partial charge in [0.25, 0.3) is 0 Å². The predicted octanol–water partition coefficient (Wildman–Crippen LogP) is 2.38. The Balaban J connectivity index is 2.35. The van der Waals surface area contributed by atoms with Crippen LogP contribution in [0.5, 0.6) is 11.5 Å². The molecule has 1 unspecified atom stereocenters. The second kappa shape index (κ2) is 10.7. The lowest BCUT2D eigenvalue weighted by atomic mass is 9.95. The Labute approximate surface area is 175 Å². The van der Waals surface area contributed by atoms with Gasteiger partial charge in [0.1, 0.15) is 0 Å². The molecule has 0 aliphatic carbocycles. The number of carbonyl (C=O) groups is 2. The van der Waals surface area contributed by atoms with Crippen LogP contribution in [0.3, 0.4) is 0 Å². The summed E-state index contributed by atoms with van der Waals surface area (Å²) in [5.74, 6) is -0.0504. The van der Waals surface area contributed by atoms with Crippen molar-refractivity contribution in [3.63, 3.8) is 0 Å². The van der Waals surface area contributed by atoms with Gasteiger partial charge >= 0.3 is 11.9 Å². The van der Waals surface area contributed by atoms with Crippen molar-refractivity contribution in [1.29, 1.82) is 0 Å². The fourth-order valence-corrected chi connectivity index (χ4v) is 3.13. The van der Waals surface area contributed by atoms with Gasteiger partial charge in [0.2, 0.25) is 0 Å². The molecule has 158 valence electrons. The van der Waals surface area contributed by atoms with Crippen molar-refractivity contribution in [2.24, 2.45) is 0 Å². The molecular weight excluding hydrogens is 396 g/mol. The van der Waals surface area contributed by atoms with Gasteiger partial charge in [0.05, 0.1) is 31.4 Å². The van der Waals surface area contributed by atoms with Crippen molar-refractivity contribution >= 4 is 29.3 Å². The summed E-state index contributed by atoms with van der Waals surface area (Å²) in [6, 6.07) is 4.70. The first-order valence-corrected chi connectivity index (χ1v) is 9.82. The largest absolute Gasteiger partial charge is 0.490 e. The number of allylic oxidation sites excluding steroid dienone is 1. The fraction of sp³-hybridized carbons (Fsp3) is 0.450. The number of benzene rings is 1. The third-order valence-corrected chi connectivity index (χ3v) is 4.24. The highest BCUT2D eigenvalue weighted by molar-refractivity contribution is 7.80. The highest BCUT2D eigenvalue weighted by atomic mass is 32.1. The summed E-state index contributed by atoms with van der Waals surface area (Å²) in [5, 5.41) is 6.46. The molecule has 1 aliphatic rings. The molecule has 9 heteroatoms. The van der Waals surface area contributed by atoms with Crippen LogP contribution in [0.2, 0.25) is 0 Å². The molecule has 0 saturated heterocycles. The number of rotatable bonds is 9. The average molecular weight is 423 g/mol. The van der Waals surface area contributed by atoms with Gasteiger partial charge in [-0.15, -0.1) is 0 Å². The van der Waals surface area contributed by atoms with Crippen LogP contribution in [-0.2, 0) is 19.1 Å². The van der Waals surface area contributed by atoms with Gasteiger partial charge in [0, 0.05) is 5.70 Å². The van der Waals surface area contributed by atoms with E-state index in [0.29, 0.717) is 34.5 Å². The van der Waals surface area contributed by atoms with E-state index in [2.05, 4.69) is 10.6 Å². The summed E-state index contributed by atoms with van der Waals surface area (Å²) in [6.07, 6.45) is 0. The SMILES string of the molecule is CCOC(=O)COc1ccc(C2NC(=S)NC(C)=C2C(=O)OCC)cc1OCC. The van der Waals surface area contributed by atoms with Crippen LogP contribution in [0.1, 0.15) is 39.3 Å². The molecule has 0 aromatic heterocycles. The third-order valence-electron chi connectivity index (χ3n) is 4.02. The van der Waals surface area contributed by atoms with E-state index >= 15 is 0 Å². The highest BCUT2D eigenvalue weighted by Gasteiger charge is 2.31. The molecule has 1 heterocycles. The van der Waals surface area contributed by atoms with Crippen LogP contribution in [0.4, 0.5) is 0 Å². The Bertz CT molecular complexity index is 808. The fourth-order valence-electron chi connectivity index (χ4n) is 2.85. The number of hydrogen-bond donors (Lipinski definition) is 2. The summed E-state index contributed by atoms with van der Waals surface area (Å²) in [4.78, 5) is 24.1. The molecule has 1 aliphatic heterocycles. The van der Waals surface area contributed by atoms with Crippen molar-refractivity contribution in [1.82, 2.24) is 10.6 Å². The number of thiocarbonyl (C=S) groups is 1. The highest BCUT2D eigenvalue weighted by Crippen LogP contribution is 2.34. The second-order valence-electron chi connectivity index (χ2n) is 6.02. The lowest BCUT2D eigenvalue weighted by Crippen LogP contribution is -2.45. The summed E-state index contributed by atoms with van der Waals surface area (Å²) in [7, 11) is 0. The third kappa shape index (κ3) is 5.83. The van der Waals surface area contributed by atoms with Crippen LogP contribution < -0.4 is 20.1 Å². The van der Waals surface area contributed by atoms with Gasteiger partial charge < -0.3 is 29.6 Å². The van der Waals surface area contributed by atoms with Crippen LogP contribution >= 0.6 is 12.2 Å². The lowest BCUT2D eigenvalue weighted by Gasteiger charge is -2.30. The Morgan fingerprint density at radius 3 is 2.41 bits per heavy atom. The molecule has 0 amide bonds. The van der Waals surface area contributed by atoms with E-state index in [9.17, 15) is 9.59 Å². The number of nitrogens with one attached hydrogen (secondary N) is 2. The maximum absolute atomic E-state index is 12.5. The van der Waals surface area contributed by atoms with Crippen LogP contribution in [0, 0.1) is 0 Å². The van der Waals surface area contributed by atoms with E-state index in [1.807, 2.05) is 6.92 Å². The predicted molar refractivity (Wildman–Crippen MR) is 111 cm³/mol. The monoisotopic (exact) mass is 422 g/mol. The Morgan fingerprint density at radius 2 is 1.76 bits per heavy atom. The van der Waals surface area contributed by atoms with E-state index in [0.717, 1.165) is 5.56 Å². The molecule has 2 N–H and O–H groups in total. The van der Waals surface area contributed by atoms with E-state index in [-0.39, 0.29) is 19.8 Å². The number of hydrogen-bond acceptors (Lipinski definition) is 7. The first-order chi connectivity index (χ1) is 13.9. The molecule has 0 spiro atoms. The second-order valence-corrected chi connectivity index (χ2v) is 6.43. The van der Waals surface area contributed by atoms with Crippen LogP contribution in [0.15, 0.2) is 29.5 Å². The molecule has 0 saturated carbocycles. The van der Waals surface area contributed by atoms with Gasteiger partial charge in [-0.2, -0.15) is 0 Å². The Hall–Kier alpha value is -2.81.